The number of nitrogens with zero attached hydrogens (tertiary/aromatic N) is 1. The van der Waals surface area contributed by atoms with Gasteiger partial charge >= 0.3 is 12.6 Å². The fraction of sp³-hybridized carbons (Fsp3) is 0.467. The summed E-state index contributed by atoms with van der Waals surface area (Å²) in [6, 6.07) is 3.79. The minimum atomic E-state index is -3.01. The Labute approximate surface area is 132 Å². The van der Waals surface area contributed by atoms with Crippen molar-refractivity contribution >= 4 is 11.9 Å². The van der Waals surface area contributed by atoms with Crippen molar-refractivity contribution in [3.63, 3.8) is 0 Å². The highest BCUT2D eigenvalue weighted by molar-refractivity contribution is 5.98. The predicted octanol–water partition coefficient (Wildman–Crippen LogP) is 2.32. The molecule has 0 saturated carbocycles. The molecule has 8 heteroatoms. The van der Waals surface area contributed by atoms with Gasteiger partial charge in [-0.1, -0.05) is 0 Å². The van der Waals surface area contributed by atoms with Crippen molar-refractivity contribution in [1.29, 1.82) is 0 Å². The molecule has 0 aliphatic heterocycles. The second kappa shape index (κ2) is 7.26. The Balaban J connectivity index is 3.11. The monoisotopic (exact) mass is 331 g/mol. The molecular formula is C15H19F2NO5. The van der Waals surface area contributed by atoms with Gasteiger partial charge in [-0.2, -0.15) is 8.78 Å². The lowest BCUT2D eigenvalue weighted by Crippen LogP contribution is -2.51. The van der Waals surface area contributed by atoms with E-state index >= 15 is 0 Å². The smallest absolute Gasteiger partial charge is 0.387 e. The Morgan fingerprint density at radius 2 is 1.78 bits per heavy atom. The van der Waals surface area contributed by atoms with Crippen molar-refractivity contribution in [3.8, 4) is 11.5 Å². The molecule has 0 radical (unpaired) electrons. The van der Waals surface area contributed by atoms with Crippen LogP contribution in [0.25, 0.3) is 0 Å². The lowest BCUT2D eigenvalue weighted by molar-refractivity contribution is -0.150. The number of amides is 1. The Morgan fingerprint density at radius 3 is 2.26 bits per heavy atom. The minimum Gasteiger partial charge on any atom is -0.493 e. The first kappa shape index (κ1) is 18.7. The van der Waals surface area contributed by atoms with Gasteiger partial charge in [0.1, 0.15) is 5.54 Å². The van der Waals surface area contributed by atoms with Crippen LogP contribution < -0.4 is 9.47 Å². The average molecular weight is 331 g/mol. The number of carbonyl (C=O) groups excluding carboxylic acids is 2. The highest BCUT2D eigenvalue weighted by atomic mass is 19.3. The summed E-state index contributed by atoms with van der Waals surface area (Å²) in [6.07, 6.45) is 0. The number of methoxy groups -OCH3 is 2. The number of esters is 1. The SMILES string of the molecule is COC(=O)C(C)(C)N(C)C(=O)c1ccc(OC(F)F)c(OC)c1. The number of likely N-dealkylation sites (N-methyl/N-ethyl adjacent to an activating group) is 1. The highest BCUT2D eigenvalue weighted by Gasteiger charge is 2.37. The molecule has 0 unspecified atom stereocenters. The van der Waals surface area contributed by atoms with Gasteiger partial charge in [-0.15, -0.1) is 0 Å². The van der Waals surface area contributed by atoms with Crippen LogP contribution in [0.3, 0.4) is 0 Å². The van der Waals surface area contributed by atoms with Crippen molar-refractivity contribution in [2.75, 3.05) is 21.3 Å². The maximum absolute atomic E-state index is 12.5. The van der Waals surface area contributed by atoms with Crippen LogP contribution in [0.1, 0.15) is 24.2 Å². The van der Waals surface area contributed by atoms with Crippen LogP contribution in [0.2, 0.25) is 0 Å². The minimum absolute atomic E-state index is 0.0135. The highest BCUT2D eigenvalue weighted by Crippen LogP contribution is 2.30. The number of hydrogen-bond donors (Lipinski definition) is 0. The molecule has 0 bridgehead atoms. The molecule has 0 fully saturated rings. The summed E-state index contributed by atoms with van der Waals surface area (Å²) < 4.78 is 38.5. The van der Waals surface area contributed by atoms with Crippen LogP contribution >= 0.6 is 0 Å². The number of carbonyl (C=O) groups is 2. The fourth-order valence-electron chi connectivity index (χ4n) is 1.83. The number of rotatable bonds is 6. The van der Waals surface area contributed by atoms with Crippen LogP contribution in [-0.2, 0) is 9.53 Å². The third-order valence-electron chi connectivity index (χ3n) is 3.45. The Bertz CT molecular complexity index is 589. The maximum Gasteiger partial charge on any atom is 0.387 e. The van der Waals surface area contributed by atoms with E-state index in [2.05, 4.69) is 9.47 Å². The van der Waals surface area contributed by atoms with E-state index in [9.17, 15) is 18.4 Å². The summed E-state index contributed by atoms with van der Waals surface area (Å²) in [4.78, 5) is 25.4. The molecule has 0 saturated heterocycles. The quantitative estimate of drug-likeness (QED) is 0.749. The van der Waals surface area contributed by atoms with E-state index in [0.29, 0.717) is 0 Å². The number of halogens is 2. The molecule has 0 N–H and O–H groups in total. The van der Waals surface area contributed by atoms with Crippen LogP contribution in [0.4, 0.5) is 8.78 Å². The van der Waals surface area contributed by atoms with Crippen LogP contribution in [0, 0.1) is 0 Å². The van der Waals surface area contributed by atoms with E-state index in [0.717, 1.165) is 0 Å². The van der Waals surface area contributed by atoms with Crippen molar-refractivity contribution in [2.24, 2.45) is 0 Å². The average Bonchev–Trinajstić information content (AvgIpc) is 2.52. The van der Waals surface area contributed by atoms with Gasteiger partial charge in [0.15, 0.2) is 11.5 Å². The first-order chi connectivity index (χ1) is 10.6. The molecule has 1 rings (SSSR count). The first-order valence-corrected chi connectivity index (χ1v) is 6.64. The zero-order valence-electron chi connectivity index (χ0n) is 13.6. The van der Waals surface area contributed by atoms with E-state index in [-0.39, 0.29) is 17.1 Å². The van der Waals surface area contributed by atoms with Crippen molar-refractivity contribution in [2.45, 2.75) is 26.0 Å². The predicted molar refractivity (Wildman–Crippen MR) is 77.8 cm³/mol. The van der Waals surface area contributed by atoms with Crippen molar-refractivity contribution in [3.05, 3.63) is 23.8 Å². The molecule has 6 nitrogen and oxygen atoms in total. The fourth-order valence-corrected chi connectivity index (χ4v) is 1.83. The Kier molecular flexibility index (Phi) is 5.89. The van der Waals surface area contributed by atoms with Crippen molar-refractivity contribution in [1.82, 2.24) is 4.90 Å². The third-order valence-corrected chi connectivity index (χ3v) is 3.45. The van der Waals surface area contributed by atoms with Gasteiger partial charge in [0.05, 0.1) is 14.2 Å². The second-order valence-corrected chi connectivity index (χ2v) is 5.16. The van der Waals surface area contributed by atoms with E-state index in [1.165, 1.54) is 58.2 Å². The van der Waals surface area contributed by atoms with E-state index in [1.807, 2.05) is 0 Å². The second-order valence-electron chi connectivity index (χ2n) is 5.16. The summed E-state index contributed by atoms with van der Waals surface area (Å²) in [6.45, 7) is 0.0520. The number of ether oxygens (including phenoxy) is 3. The summed E-state index contributed by atoms with van der Waals surface area (Å²) in [5.74, 6) is -1.28. The van der Waals surface area contributed by atoms with Crippen LogP contribution in [0.15, 0.2) is 18.2 Å². The van der Waals surface area contributed by atoms with Gasteiger partial charge in [-0.05, 0) is 32.0 Å². The lowest BCUT2D eigenvalue weighted by Gasteiger charge is -2.32. The molecule has 128 valence electrons. The molecule has 0 atom stereocenters. The molecule has 0 heterocycles. The lowest BCUT2D eigenvalue weighted by atomic mass is 10.0. The molecule has 1 amide bonds. The Morgan fingerprint density at radius 1 is 1.17 bits per heavy atom. The van der Waals surface area contributed by atoms with Gasteiger partial charge in [-0.3, -0.25) is 4.79 Å². The summed E-state index contributed by atoms with van der Waals surface area (Å²) in [5.41, 5.74) is -1.04. The molecule has 0 aromatic heterocycles. The zero-order chi connectivity index (χ0) is 17.8. The number of benzene rings is 1. The molecule has 0 aliphatic carbocycles. The number of alkyl halides is 2. The standard InChI is InChI=1S/C15H19F2NO5/c1-15(2,13(20)22-5)18(3)12(19)9-6-7-10(23-14(16)17)11(8-9)21-4/h6-8,14H,1-5H3. The van der Waals surface area contributed by atoms with E-state index in [1.54, 1.807) is 0 Å². The molecule has 1 aromatic carbocycles. The maximum atomic E-state index is 12.5. The van der Waals surface area contributed by atoms with Gasteiger partial charge in [0.2, 0.25) is 0 Å². The summed E-state index contributed by atoms with van der Waals surface area (Å²) >= 11 is 0. The molecule has 0 spiro atoms. The van der Waals surface area contributed by atoms with Crippen LogP contribution in [-0.4, -0.2) is 50.2 Å². The van der Waals surface area contributed by atoms with Gasteiger partial charge in [-0.25, -0.2) is 4.79 Å². The van der Waals surface area contributed by atoms with Crippen LogP contribution in [0.5, 0.6) is 11.5 Å². The molecular weight excluding hydrogens is 312 g/mol. The zero-order valence-corrected chi connectivity index (χ0v) is 13.6. The molecule has 0 aliphatic rings. The molecule has 23 heavy (non-hydrogen) atoms. The topological polar surface area (TPSA) is 65.1 Å². The normalized spacial score (nSPS) is 11.1. The van der Waals surface area contributed by atoms with E-state index in [4.69, 9.17) is 4.74 Å². The summed E-state index contributed by atoms with van der Waals surface area (Å²) in [7, 11) is 3.93. The summed E-state index contributed by atoms with van der Waals surface area (Å²) in [5, 5.41) is 0. The van der Waals surface area contributed by atoms with E-state index < -0.39 is 24.0 Å². The van der Waals surface area contributed by atoms with Gasteiger partial charge < -0.3 is 19.1 Å². The van der Waals surface area contributed by atoms with Gasteiger partial charge in [0.25, 0.3) is 5.91 Å². The number of hydrogen-bond acceptors (Lipinski definition) is 5. The first-order valence-electron chi connectivity index (χ1n) is 6.64. The third kappa shape index (κ3) is 4.08. The van der Waals surface area contributed by atoms with Gasteiger partial charge in [0, 0.05) is 12.6 Å². The van der Waals surface area contributed by atoms with Crippen molar-refractivity contribution < 1.29 is 32.6 Å². The Hall–Kier alpha value is -2.38. The molecule has 1 aromatic rings. The largest absolute Gasteiger partial charge is 0.493 e.